The van der Waals surface area contributed by atoms with E-state index in [4.69, 9.17) is 10.8 Å². The molecule has 3 N–H and O–H groups in total. The van der Waals surface area contributed by atoms with E-state index in [-0.39, 0.29) is 5.91 Å². The van der Waals surface area contributed by atoms with E-state index in [1.54, 1.807) is 0 Å². The number of aliphatic carboxylic acids is 1. The summed E-state index contributed by atoms with van der Waals surface area (Å²) >= 11 is 1.46. The van der Waals surface area contributed by atoms with Crippen molar-refractivity contribution in [1.82, 2.24) is 4.90 Å². The van der Waals surface area contributed by atoms with Crippen LogP contribution in [0.2, 0.25) is 0 Å². The van der Waals surface area contributed by atoms with E-state index in [1.807, 2.05) is 6.92 Å². The lowest BCUT2D eigenvalue weighted by Gasteiger charge is -2.23. The minimum atomic E-state index is -0.943. The van der Waals surface area contributed by atoms with Gasteiger partial charge in [0.15, 0.2) is 0 Å². The van der Waals surface area contributed by atoms with Crippen LogP contribution in [-0.2, 0) is 9.59 Å². The van der Waals surface area contributed by atoms with Gasteiger partial charge in [-0.2, -0.15) is 0 Å². The number of amides is 1. The van der Waals surface area contributed by atoms with Gasteiger partial charge in [-0.25, -0.2) is 4.79 Å². The van der Waals surface area contributed by atoms with E-state index in [0.29, 0.717) is 18.1 Å². The summed E-state index contributed by atoms with van der Waals surface area (Å²) < 4.78 is 0. The van der Waals surface area contributed by atoms with Crippen LogP contribution in [0, 0.1) is 0 Å². The Hall–Kier alpha value is -0.750. The Morgan fingerprint density at radius 2 is 2.31 bits per heavy atom. The van der Waals surface area contributed by atoms with E-state index in [0.717, 1.165) is 12.8 Å². The normalized spacial score (nSPS) is 22.1. The first kappa shape index (κ1) is 13.3. The molecule has 0 aromatic carbocycles. The number of rotatable bonds is 5. The van der Waals surface area contributed by atoms with Gasteiger partial charge in [-0.05, 0) is 6.42 Å². The first-order valence-electron chi connectivity index (χ1n) is 5.44. The van der Waals surface area contributed by atoms with Crippen molar-refractivity contribution in [1.29, 1.82) is 0 Å². The number of carboxylic acids is 1. The number of nitrogens with zero attached hydrogens (tertiary/aromatic N) is 1. The van der Waals surface area contributed by atoms with Crippen LogP contribution in [0.25, 0.3) is 0 Å². The van der Waals surface area contributed by atoms with Crippen LogP contribution in [0.1, 0.15) is 26.2 Å². The van der Waals surface area contributed by atoms with Gasteiger partial charge in [-0.1, -0.05) is 19.8 Å². The second-order valence-electron chi connectivity index (χ2n) is 3.91. The summed E-state index contributed by atoms with van der Waals surface area (Å²) in [6.45, 7) is 2.03. The van der Waals surface area contributed by atoms with Crippen LogP contribution in [0.5, 0.6) is 0 Å². The van der Waals surface area contributed by atoms with Crippen molar-refractivity contribution in [3.05, 3.63) is 0 Å². The lowest BCUT2D eigenvalue weighted by Crippen LogP contribution is -2.49. The van der Waals surface area contributed by atoms with Crippen molar-refractivity contribution in [3.63, 3.8) is 0 Å². The van der Waals surface area contributed by atoms with E-state index >= 15 is 0 Å². The topological polar surface area (TPSA) is 83.6 Å². The van der Waals surface area contributed by atoms with E-state index in [1.165, 1.54) is 16.7 Å². The highest BCUT2D eigenvalue weighted by molar-refractivity contribution is 7.99. The van der Waals surface area contributed by atoms with Crippen molar-refractivity contribution < 1.29 is 14.7 Å². The molecule has 2 atom stereocenters. The molecule has 0 aromatic heterocycles. The average Bonchev–Trinajstić information content (AvgIpc) is 2.73. The monoisotopic (exact) mass is 246 g/mol. The van der Waals surface area contributed by atoms with Crippen molar-refractivity contribution >= 4 is 23.6 Å². The van der Waals surface area contributed by atoms with Crippen LogP contribution in [0.15, 0.2) is 0 Å². The molecule has 0 radical (unpaired) electrons. The van der Waals surface area contributed by atoms with Crippen LogP contribution >= 0.6 is 11.8 Å². The zero-order valence-electron chi connectivity index (χ0n) is 9.39. The molecule has 1 aliphatic heterocycles. The fourth-order valence-corrected chi connectivity index (χ4v) is 2.78. The van der Waals surface area contributed by atoms with Gasteiger partial charge in [0.2, 0.25) is 5.91 Å². The zero-order chi connectivity index (χ0) is 12.1. The third-order valence-electron chi connectivity index (χ3n) is 2.64. The van der Waals surface area contributed by atoms with Crippen LogP contribution in [-0.4, -0.2) is 45.6 Å². The molecule has 1 rings (SSSR count). The Morgan fingerprint density at radius 3 is 2.88 bits per heavy atom. The highest BCUT2D eigenvalue weighted by Gasteiger charge is 2.36. The number of unbranched alkanes of at least 4 members (excludes halogenated alkanes) is 1. The molecule has 0 aliphatic carbocycles. The highest BCUT2D eigenvalue weighted by Crippen LogP contribution is 2.22. The molecule has 0 spiro atoms. The van der Waals surface area contributed by atoms with Crippen molar-refractivity contribution in [2.24, 2.45) is 5.73 Å². The van der Waals surface area contributed by atoms with Crippen LogP contribution < -0.4 is 5.73 Å². The quantitative estimate of drug-likeness (QED) is 0.737. The zero-order valence-corrected chi connectivity index (χ0v) is 10.2. The fourth-order valence-electron chi connectivity index (χ4n) is 1.62. The molecular formula is C10H18N2O3S. The number of hydrogen-bond acceptors (Lipinski definition) is 4. The molecule has 1 amide bonds. The maximum absolute atomic E-state index is 11.9. The summed E-state index contributed by atoms with van der Waals surface area (Å²) in [6.07, 6.45) is 2.51. The standard InChI is InChI=1S/C10H18N2O3S/c1-2-3-4-7(11)9(13)12-6-16-5-8(12)10(14)15/h7-8H,2-6,11H2,1H3,(H,14,15)/t7-,8?/m0/s1. The van der Waals surface area contributed by atoms with Gasteiger partial charge in [0, 0.05) is 5.75 Å². The van der Waals surface area contributed by atoms with Gasteiger partial charge in [0.25, 0.3) is 0 Å². The van der Waals surface area contributed by atoms with Gasteiger partial charge >= 0.3 is 5.97 Å². The summed E-state index contributed by atoms with van der Waals surface area (Å²) in [5.74, 6) is -0.274. The number of thioether (sulfide) groups is 1. The molecule has 92 valence electrons. The summed E-state index contributed by atoms with van der Waals surface area (Å²) in [5, 5.41) is 8.94. The van der Waals surface area contributed by atoms with Gasteiger partial charge in [-0.3, -0.25) is 4.79 Å². The predicted octanol–water partition coefficient (Wildman–Crippen LogP) is 0.490. The maximum Gasteiger partial charge on any atom is 0.327 e. The maximum atomic E-state index is 11.9. The second-order valence-corrected chi connectivity index (χ2v) is 4.91. The van der Waals surface area contributed by atoms with Crippen LogP contribution in [0.3, 0.4) is 0 Å². The molecule has 16 heavy (non-hydrogen) atoms. The minimum absolute atomic E-state index is 0.231. The van der Waals surface area contributed by atoms with E-state index in [2.05, 4.69) is 0 Å². The lowest BCUT2D eigenvalue weighted by molar-refractivity contribution is -0.148. The Kier molecular flexibility index (Phi) is 5.08. The lowest BCUT2D eigenvalue weighted by atomic mass is 10.1. The van der Waals surface area contributed by atoms with Gasteiger partial charge in [0.1, 0.15) is 6.04 Å². The molecule has 0 bridgehead atoms. The minimum Gasteiger partial charge on any atom is -0.480 e. The summed E-state index contributed by atoms with van der Waals surface area (Å²) in [7, 11) is 0. The fraction of sp³-hybridized carbons (Fsp3) is 0.800. The van der Waals surface area contributed by atoms with Gasteiger partial charge < -0.3 is 15.7 Å². The average molecular weight is 246 g/mol. The predicted molar refractivity (Wildman–Crippen MR) is 63.1 cm³/mol. The molecule has 0 saturated carbocycles. The molecule has 0 aromatic rings. The molecular weight excluding hydrogens is 228 g/mol. The summed E-state index contributed by atoms with van der Waals surface area (Å²) in [5.41, 5.74) is 5.75. The molecule has 1 unspecified atom stereocenters. The largest absolute Gasteiger partial charge is 0.480 e. The Labute approximate surface area is 99.4 Å². The summed E-state index contributed by atoms with van der Waals surface area (Å²) in [6, 6.07) is -1.26. The Morgan fingerprint density at radius 1 is 1.62 bits per heavy atom. The Bertz CT molecular complexity index is 273. The van der Waals surface area contributed by atoms with Gasteiger partial charge in [0.05, 0.1) is 11.9 Å². The van der Waals surface area contributed by atoms with E-state index < -0.39 is 18.1 Å². The third-order valence-corrected chi connectivity index (χ3v) is 3.65. The number of carbonyl (C=O) groups is 2. The van der Waals surface area contributed by atoms with Crippen molar-refractivity contribution in [2.75, 3.05) is 11.6 Å². The molecule has 1 aliphatic rings. The number of carboxylic acid groups (broad SMARTS) is 1. The smallest absolute Gasteiger partial charge is 0.327 e. The molecule has 1 fully saturated rings. The molecule has 6 heteroatoms. The SMILES string of the molecule is CCCC[C@H](N)C(=O)N1CSCC1C(=O)O. The first-order chi connectivity index (χ1) is 7.57. The van der Waals surface area contributed by atoms with Crippen molar-refractivity contribution in [3.8, 4) is 0 Å². The molecule has 1 heterocycles. The first-order valence-corrected chi connectivity index (χ1v) is 6.60. The third kappa shape index (κ3) is 3.12. The molecule has 5 nitrogen and oxygen atoms in total. The highest BCUT2D eigenvalue weighted by atomic mass is 32.2. The van der Waals surface area contributed by atoms with Crippen LogP contribution in [0.4, 0.5) is 0 Å². The number of carbonyl (C=O) groups excluding carboxylic acids is 1. The Balaban J connectivity index is 2.55. The van der Waals surface area contributed by atoms with Crippen molar-refractivity contribution in [2.45, 2.75) is 38.3 Å². The van der Waals surface area contributed by atoms with Gasteiger partial charge in [-0.15, -0.1) is 11.8 Å². The number of hydrogen-bond donors (Lipinski definition) is 2. The van der Waals surface area contributed by atoms with E-state index in [9.17, 15) is 9.59 Å². The summed E-state index contributed by atoms with van der Waals surface area (Å²) in [4.78, 5) is 24.2. The molecule has 1 saturated heterocycles. The number of nitrogens with two attached hydrogens (primary N) is 1. The second kappa shape index (κ2) is 6.10.